The van der Waals surface area contributed by atoms with Crippen molar-refractivity contribution in [1.29, 1.82) is 0 Å². The molecule has 0 radical (unpaired) electrons. The van der Waals surface area contributed by atoms with Gasteiger partial charge < -0.3 is 24.6 Å². The van der Waals surface area contributed by atoms with Crippen LogP contribution in [0.2, 0.25) is 0 Å². The number of rotatable bonds is 10. The first kappa shape index (κ1) is 22.7. The maximum atomic E-state index is 5.98. The highest BCUT2D eigenvalue weighted by Crippen LogP contribution is 2.15. The molecule has 28 heavy (non-hydrogen) atoms. The minimum absolute atomic E-state index is 0.360. The van der Waals surface area contributed by atoms with Gasteiger partial charge in [-0.05, 0) is 51.4 Å². The average Bonchev–Trinajstić information content (AvgIpc) is 2.69. The van der Waals surface area contributed by atoms with Crippen molar-refractivity contribution in [3.05, 3.63) is 35.4 Å². The first-order valence-electron chi connectivity index (χ1n) is 10.5. The van der Waals surface area contributed by atoms with E-state index in [-0.39, 0.29) is 0 Å². The lowest BCUT2D eigenvalue weighted by atomic mass is 10.1. The summed E-state index contributed by atoms with van der Waals surface area (Å²) in [5.74, 6) is 1.01. The summed E-state index contributed by atoms with van der Waals surface area (Å²) in [4.78, 5) is 9.45. The Morgan fingerprint density at radius 3 is 2.64 bits per heavy atom. The van der Waals surface area contributed by atoms with Crippen LogP contribution < -0.4 is 5.32 Å². The molecule has 0 saturated carbocycles. The van der Waals surface area contributed by atoms with Crippen molar-refractivity contribution in [2.24, 2.45) is 4.99 Å². The van der Waals surface area contributed by atoms with Crippen LogP contribution in [0.25, 0.3) is 0 Å². The highest BCUT2D eigenvalue weighted by atomic mass is 16.5. The molecule has 1 aromatic rings. The zero-order chi connectivity index (χ0) is 20.2. The van der Waals surface area contributed by atoms with Crippen LogP contribution in [-0.4, -0.2) is 75.9 Å². The number of aliphatic imine (C=N–C) groups is 1. The summed E-state index contributed by atoms with van der Waals surface area (Å²) in [5, 5.41) is 3.45. The number of methoxy groups -OCH3 is 1. The summed E-state index contributed by atoms with van der Waals surface area (Å²) in [6, 6.07) is 8.72. The zero-order valence-electron chi connectivity index (χ0n) is 18.1. The largest absolute Gasteiger partial charge is 0.385 e. The summed E-state index contributed by atoms with van der Waals surface area (Å²) < 4.78 is 11.1. The monoisotopic (exact) mass is 390 g/mol. The Labute approximate surface area is 170 Å². The lowest BCUT2D eigenvalue weighted by Crippen LogP contribution is -2.47. The van der Waals surface area contributed by atoms with E-state index in [4.69, 9.17) is 14.5 Å². The van der Waals surface area contributed by atoms with E-state index in [1.165, 1.54) is 11.1 Å². The van der Waals surface area contributed by atoms with E-state index >= 15 is 0 Å². The van der Waals surface area contributed by atoms with Crippen molar-refractivity contribution in [1.82, 2.24) is 15.1 Å². The number of guanidine groups is 1. The Morgan fingerprint density at radius 2 is 1.96 bits per heavy atom. The van der Waals surface area contributed by atoms with Crippen LogP contribution >= 0.6 is 0 Å². The summed E-state index contributed by atoms with van der Waals surface area (Å²) in [6.45, 7) is 8.20. The van der Waals surface area contributed by atoms with E-state index in [2.05, 4.69) is 60.4 Å². The molecule has 1 aliphatic heterocycles. The second kappa shape index (κ2) is 12.8. The summed E-state index contributed by atoms with van der Waals surface area (Å²) in [7, 11) is 5.93. The number of benzene rings is 1. The molecular formula is C22H38N4O2. The Bertz CT molecular complexity index is 584. The molecule has 1 aromatic carbocycles. The van der Waals surface area contributed by atoms with Gasteiger partial charge >= 0.3 is 0 Å². The number of hydrogen-bond donors (Lipinski definition) is 1. The molecular weight excluding hydrogens is 352 g/mol. The number of nitrogens with one attached hydrogen (secondary N) is 1. The van der Waals surface area contributed by atoms with Gasteiger partial charge in [0.1, 0.15) is 0 Å². The summed E-state index contributed by atoms with van der Waals surface area (Å²) >= 11 is 0. The smallest absolute Gasteiger partial charge is 0.194 e. The van der Waals surface area contributed by atoms with Crippen molar-refractivity contribution in [2.45, 2.75) is 45.4 Å². The quantitative estimate of drug-likeness (QED) is 0.378. The van der Waals surface area contributed by atoms with Crippen LogP contribution in [-0.2, 0) is 22.6 Å². The predicted octanol–water partition coefficient (Wildman–Crippen LogP) is 2.73. The number of likely N-dealkylation sites (tertiary alicyclic amines) is 1. The lowest BCUT2D eigenvalue weighted by Gasteiger charge is -2.34. The molecule has 6 heteroatoms. The first-order chi connectivity index (χ1) is 13.6. The molecule has 6 nitrogen and oxygen atoms in total. The van der Waals surface area contributed by atoms with E-state index in [9.17, 15) is 0 Å². The SMILES string of the molecule is CCNC(=NCc1cccc(CN(C)C)c1)N1CCC(OCCCOC)CC1. The third-order valence-electron chi connectivity index (χ3n) is 4.82. The fourth-order valence-corrected chi connectivity index (χ4v) is 3.47. The van der Waals surface area contributed by atoms with E-state index in [0.717, 1.165) is 64.6 Å². The molecule has 0 atom stereocenters. The highest BCUT2D eigenvalue weighted by molar-refractivity contribution is 5.80. The molecule has 0 spiro atoms. The molecule has 0 bridgehead atoms. The van der Waals surface area contributed by atoms with Gasteiger partial charge in [0.2, 0.25) is 0 Å². The van der Waals surface area contributed by atoms with E-state index < -0.39 is 0 Å². The number of hydrogen-bond acceptors (Lipinski definition) is 4. The second-order valence-electron chi connectivity index (χ2n) is 7.63. The van der Waals surface area contributed by atoms with Gasteiger partial charge in [0.05, 0.1) is 12.6 Å². The van der Waals surface area contributed by atoms with Crippen LogP contribution in [0.4, 0.5) is 0 Å². The number of ether oxygens (including phenoxy) is 2. The molecule has 2 rings (SSSR count). The summed E-state index contributed by atoms with van der Waals surface area (Å²) in [5.41, 5.74) is 2.58. The molecule has 0 aliphatic carbocycles. The molecule has 1 saturated heterocycles. The number of piperidine rings is 1. The molecule has 158 valence electrons. The van der Waals surface area contributed by atoms with Crippen LogP contribution in [0, 0.1) is 0 Å². The molecule has 0 amide bonds. The molecule has 1 fully saturated rings. The zero-order valence-corrected chi connectivity index (χ0v) is 18.1. The molecule has 0 aromatic heterocycles. The highest BCUT2D eigenvalue weighted by Gasteiger charge is 2.21. The maximum absolute atomic E-state index is 5.98. The van der Waals surface area contributed by atoms with Crippen LogP contribution in [0.1, 0.15) is 37.3 Å². The average molecular weight is 391 g/mol. The lowest BCUT2D eigenvalue weighted by molar-refractivity contribution is 0.00990. The molecule has 1 aliphatic rings. The Balaban J connectivity index is 1.87. The topological polar surface area (TPSA) is 49.3 Å². The van der Waals surface area contributed by atoms with Gasteiger partial charge in [-0.25, -0.2) is 4.99 Å². The van der Waals surface area contributed by atoms with E-state index in [1.54, 1.807) is 7.11 Å². The second-order valence-corrected chi connectivity index (χ2v) is 7.63. The van der Waals surface area contributed by atoms with Gasteiger partial charge in [-0.1, -0.05) is 24.3 Å². The van der Waals surface area contributed by atoms with Crippen molar-refractivity contribution in [3.8, 4) is 0 Å². The van der Waals surface area contributed by atoms with Crippen molar-refractivity contribution >= 4 is 5.96 Å². The fraction of sp³-hybridized carbons (Fsp3) is 0.682. The van der Waals surface area contributed by atoms with Crippen molar-refractivity contribution in [3.63, 3.8) is 0 Å². The predicted molar refractivity (Wildman–Crippen MR) is 116 cm³/mol. The number of nitrogens with zero attached hydrogens (tertiary/aromatic N) is 3. The van der Waals surface area contributed by atoms with Crippen molar-refractivity contribution < 1.29 is 9.47 Å². The van der Waals surface area contributed by atoms with Gasteiger partial charge in [0.15, 0.2) is 5.96 Å². The van der Waals surface area contributed by atoms with Gasteiger partial charge in [0.25, 0.3) is 0 Å². The minimum atomic E-state index is 0.360. The Morgan fingerprint density at radius 1 is 1.21 bits per heavy atom. The summed E-state index contributed by atoms with van der Waals surface area (Å²) in [6.07, 6.45) is 3.43. The van der Waals surface area contributed by atoms with Gasteiger partial charge in [-0.3, -0.25) is 0 Å². The maximum Gasteiger partial charge on any atom is 0.194 e. The van der Waals surface area contributed by atoms with Crippen LogP contribution in [0.15, 0.2) is 29.3 Å². The van der Waals surface area contributed by atoms with Crippen LogP contribution in [0.5, 0.6) is 0 Å². The normalized spacial score (nSPS) is 16.0. The van der Waals surface area contributed by atoms with Crippen LogP contribution in [0.3, 0.4) is 0 Å². The standard InChI is InChI=1S/C22H38N4O2/c1-5-23-22(24-17-19-8-6-9-20(16-19)18-25(2)3)26-12-10-21(11-13-26)28-15-7-14-27-4/h6,8-9,16,21H,5,7,10-15,17-18H2,1-4H3,(H,23,24). The molecule has 0 unspecified atom stereocenters. The minimum Gasteiger partial charge on any atom is -0.385 e. The van der Waals surface area contributed by atoms with Crippen molar-refractivity contribution in [2.75, 3.05) is 54.1 Å². The Kier molecular flexibility index (Phi) is 10.3. The van der Waals surface area contributed by atoms with Gasteiger partial charge in [-0.15, -0.1) is 0 Å². The van der Waals surface area contributed by atoms with Gasteiger partial charge in [-0.2, -0.15) is 0 Å². The third kappa shape index (κ3) is 8.17. The Hall–Kier alpha value is -1.63. The van der Waals surface area contributed by atoms with Gasteiger partial charge in [0, 0.05) is 46.5 Å². The molecule has 1 heterocycles. The fourth-order valence-electron chi connectivity index (χ4n) is 3.47. The van der Waals surface area contributed by atoms with E-state index in [1.807, 2.05) is 0 Å². The first-order valence-corrected chi connectivity index (χ1v) is 10.5. The molecule has 1 N–H and O–H groups in total. The van der Waals surface area contributed by atoms with E-state index in [0.29, 0.717) is 12.6 Å². The third-order valence-corrected chi connectivity index (χ3v) is 4.82.